The average Bonchev–Trinajstić information content (AvgIpc) is 1.99. The van der Waals surface area contributed by atoms with Gasteiger partial charge in [-0.05, 0) is 24.9 Å². The molecule has 0 fully saturated rings. The van der Waals surface area contributed by atoms with Crippen LogP contribution in [-0.4, -0.2) is 0 Å². The molecule has 0 spiro atoms. The van der Waals surface area contributed by atoms with E-state index in [4.69, 9.17) is 5.73 Å². The van der Waals surface area contributed by atoms with Crippen LogP contribution >= 0.6 is 22.6 Å². The van der Waals surface area contributed by atoms with E-state index in [9.17, 15) is 0 Å². The predicted octanol–water partition coefficient (Wildman–Crippen LogP) is 1.86. The minimum absolute atomic E-state index is 0.984. The van der Waals surface area contributed by atoms with Crippen LogP contribution in [0.4, 0.5) is 0 Å². The molecule has 3 N–H and O–H groups in total. The Hall–Kier alpha value is -0.450. The van der Waals surface area contributed by atoms with E-state index in [0.29, 0.717) is 0 Å². The maximum Gasteiger partial charge on any atom is 0.0485 e. The summed E-state index contributed by atoms with van der Waals surface area (Å²) in [6, 6.07) is 0. The number of allylic oxidation sites excluding steroid dienone is 1. The van der Waals surface area contributed by atoms with Gasteiger partial charge in [-0.2, -0.15) is 0 Å². The Morgan fingerprint density at radius 3 is 2.60 bits per heavy atom. The second-order valence-electron chi connectivity index (χ2n) is 1.72. The summed E-state index contributed by atoms with van der Waals surface area (Å²) in [6.07, 6.45) is 3.18. The Labute approximate surface area is 75.0 Å². The van der Waals surface area contributed by atoms with Crippen LogP contribution in [0.1, 0.15) is 6.92 Å². The third kappa shape index (κ3) is 2.91. The first-order chi connectivity index (χ1) is 4.76. The third-order valence-electron chi connectivity index (χ3n) is 1.04. The van der Waals surface area contributed by atoms with Crippen LogP contribution in [0, 0.1) is 0 Å². The van der Waals surface area contributed by atoms with Crippen molar-refractivity contribution in [2.75, 3.05) is 0 Å². The highest BCUT2D eigenvalue weighted by Gasteiger charge is 1.92. The first-order valence-electron chi connectivity index (χ1n) is 2.83. The number of hydrogen-bond donors (Lipinski definition) is 2. The van der Waals surface area contributed by atoms with Crippen LogP contribution in [0.5, 0.6) is 0 Å². The lowest BCUT2D eigenvalue weighted by atomic mass is 10.2. The molecule has 0 atom stereocenters. The molecular formula is C7H11IN2. The zero-order chi connectivity index (χ0) is 7.98. The fourth-order valence-corrected chi connectivity index (χ4v) is 1.10. The SMILES string of the molecule is C=CNC(=C/I)/C(C)=C\N. The quantitative estimate of drug-likeness (QED) is 0.592. The van der Waals surface area contributed by atoms with Gasteiger partial charge in [-0.25, -0.2) is 0 Å². The second-order valence-corrected chi connectivity index (χ2v) is 2.34. The highest BCUT2D eigenvalue weighted by atomic mass is 127. The first-order valence-corrected chi connectivity index (χ1v) is 4.07. The Morgan fingerprint density at radius 2 is 2.30 bits per heavy atom. The van der Waals surface area contributed by atoms with Crippen LogP contribution in [0.15, 0.2) is 34.3 Å². The van der Waals surface area contributed by atoms with E-state index in [1.54, 1.807) is 12.4 Å². The largest absolute Gasteiger partial charge is 0.404 e. The Balaban J connectivity index is 4.22. The van der Waals surface area contributed by atoms with Crippen LogP contribution in [-0.2, 0) is 0 Å². The highest BCUT2D eigenvalue weighted by Crippen LogP contribution is 2.06. The molecule has 0 aromatic rings. The molecule has 0 saturated heterocycles. The van der Waals surface area contributed by atoms with Crippen molar-refractivity contribution in [3.05, 3.63) is 34.3 Å². The number of nitrogens with two attached hydrogens (primary N) is 1. The van der Waals surface area contributed by atoms with Gasteiger partial charge in [0.1, 0.15) is 0 Å². The summed E-state index contributed by atoms with van der Waals surface area (Å²) in [7, 11) is 0. The lowest BCUT2D eigenvalue weighted by molar-refractivity contribution is 1.07. The van der Waals surface area contributed by atoms with Gasteiger partial charge in [0, 0.05) is 9.78 Å². The Kier molecular flexibility index (Phi) is 5.10. The number of nitrogens with one attached hydrogen (secondary N) is 1. The molecular weight excluding hydrogens is 239 g/mol. The van der Waals surface area contributed by atoms with Crippen molar-refractivity contribution in [2.24, 2.45) is 5.73 Å². The van der Waals surface area contributed by atoms with Gasteiger partial charge in [-0.15, -0.1) is 0 Å². The van der Waals surface area contributed by atoms with Crippen molar-refractivity contribution in [3.63, 3.8) is 0 Å². The first kappa shape index (κ1) is 9.55. The van der Waals surface area contributed by atoms with Gasteiger partial charge >= 0.3 is 0 Å². The second kappa shape index (κ2) is 5.34. The van der Waals surface area contributed by atoms with E-state index in [1.807, 2.05) is 11.0 Å². The van der Waals surface area contributed by atoms with Crippen molar-refractivity contribution < 1.29 is 0 Å². The van der Waals surface area contributed by atoms with E-state index in [-0.39, 0.29) is 0 Å². The van der Waals surface area contributed by atoms with Crippen LogP contribution in [0.2, 0.25) is 0 Å². The van der Waals surface area contributed by atoms with E-state index in [2.05, 4.69) is 34.5 Å². The molecule has 0 amide bonds. The van der Waals surface area contributed by atoms with Crippen molar-refractivity contribution in [1.82, 2.24) is 5.32 Å². The fraction of sp³-hybridized carbons (Fsp3) is 0.143. The number of hydrogen-bond acceptors (Lipinski definition) is 2. The molecule has 0 aromatic heterocycles. The molecule has 0 aliphatic rings. The summed E-state index contributed by atoms with van der Waals surface area (Å²) in [5.74, 6) is 0. The minimum Gasteiger partial charge on any atom is -0.404 e. The molecule has 0 bridgehead atoms. The summed E-state index contributed by atoms with van der Waals surface area (Å²) in [5, 5.41) is 2.95. The topological polar surface area (TPSA) is 38.0 Å². The normalized spacial score (nSPS) is 13.0. The van der Waals surface area contributed by atoms with Gasteiger partial charge < -0.3 is 11.1 Å². The van der Waals surface area contributed by atoms with Crippen molar-refractivity contribution >= 4 is 22.6 Å². The molecule has 3 heteroatoms. The van der Waals surface area contributed by atoms with Crippen molar-refractivity contribution in [1.29, 1.82) is 0 Å². The molecule has 0 aliphatic carbocycles. The molecule has 2 nitrogen and oxygen atoms in total. The van der Waals surface area contributed by atoms with Crippen LogP contribution < -0.4 is 11.1 Å². The molecule has 0 aromatic carbocycles. The maximum absolute atomic E-state index is 5.30. The van der Waals surface area contributed by atoms with Crippen molar-refractivity contribution in [2.45, 2.75) is 6.92 Å². The van der Waals surface area contributed by atoms with E-state index < -0.39 is 0 Å². The highest BCUT2D eigenvalue weighted by molar-refractivity contribution is 14.1. The molecule has 0 heterocycles. The van der Waals surface area contributed by atoms with Gasteiger partial charge in [0.2, 0.25) is 0 Å². The fourth-order valence-electron chi connectivity index (χ4n) is 0.431. The molecule has 10 heavy (non-hydrogen) atoms. The molecule has 56 valence electrons. The van der Waals surface area contributed by atoms with Crippen LogP contribution in [0.3, 0.4) is 0 Å². The summed E-state index contributed by atoms with van der Waals surface area (Å²) < 4.78 is 1.91. The van der Waals surface area contributed by atoms with Gasteiger partial charge in [-0.3, -0.25) is 0 Å². The number of rotatable bonds is 3. The Bertz CT molecular complexity index is 170. The van der Waals surface area contributed by atoms with Gasteiger partial charge in [-0.1, -0.05) is 29.2 Å². The van der Waals surface area contributed by atoms with Crippen molar-refractivity contribution in [3.8, 4) is 0 Å². The molecule has 0 rings (SSSR count). The van der Waals surface area contributed by atoms with E-state index in [0.717, 1.165) is 11.3 Å². The summed E-state index contributed by atoms with van der Waals surface area (Å²) >= 11 is 2.14. The smallest absolute Gasteiger partial charge is 0.0485 e. The summed E-state index contributed by atoms with van der Waals surface area (Å²) in [5.41, 5.74) is 7.29. The predicted molar refractivity (Wildman–Crippen MR) is 53.4 cm³/mol. The van der Waals surface area contributed by atoms with E-state index in [1.165, 1.54) is 0 Å². The van der Waals surface area contributed by atoms with Gasteiger partial charge in [0.15, 0.2) is 0 Å². The van der Waals surface area contributed by atoms with Crippen LogP contribution in [0.25, 0.3) is 0 Å². The third-order valence-corrected chi connectivity index (χ3v) is 1.66. The zero-order valence-electron chi connectivity index (χ0n) is 5.89. The lowest BCUT2D eigenvalue weighted by Crippen LogP contribution is -2.05. The Morgan fingerprint density at radius 1 is 1.70 bits per heavy atom. The molecule has 0 unspecified atom stereocenters. The van der Waals surface area contributed by atoms with Gasteiger partial charge in [0.05, 0.1) is 0 Å². The molecule has 0 aliphatic heterocycles. The monoisotopic (exact) mass is 250 g/mol. The summed E-state index contributed by atoms with van der Waals surface area (Å²) in [6.45, 7) is 5.47. The standard InChI is InChI=1S/C7H11IN2/c1-3-10-7(4-8)6(2)5-9/h3-5,10H,1,9H2,2H3/b6-5-,7-4+. The lowest BCUT2D eigenvalue weighted by Gasteiger charge is -2.03. The van der Waals surface area contributed by atoms with Gasteiger partial charge in [0.25, 0.3) is 0 Å². The average molecular weight is 250 g/mol. The molecule has 0 radical (unpaired) electrons. The minimum atomic E-state index is 0.984. The van der Waals surface area contributed by atoms with E-state index >= 15 is 0 Å². The molecule has 0 saturated carbocycles. The zero-order valence-corrected chi connectivity index (χ0v) is 8.05. The summed E-state index contributed by atoms with van der Waals surface area (Å²) in [4.78, 5) is 0. The number of halogens is 1. The maximum atomic E-state index is 5.30.